The number of benzene rings is 1. The molecule has 14 heavy (non-hydrogen) atoms. The zero-order chi connectivity index (χ0) is 9.97. The van der Waals surface area contributed by atoms with Gasteiger partial charge in [-0.05, 0) is 12.1 Å². The molecule has 1 aromatic carbocycles. The minimum absolute atomic E-state index is 0.0353. The molecule has 0 atom stereocenters. The van der Waals surface area contributed by atoms with E-state index in [2.05, 4.69) is 10.5 Å². The Bertz CT molecular complexity index is 359. The second-order valence-corrected chi connectivity index (χ2v) is 2.77. The number of hydrazone groups is 1. The van der Waals surface area contributed by atoms with Crippen LogP contribution in [0.1, 0.15) is 5.56 Å². The van der Waals surface area contributed by atoms with Crippen molar-refractivity contribution in [2.24, 2.45) is 5.10 Å². The molecule has 1 heterocycles. The molecule has 0 fully saturated rings. The lowest BCUT2D eigenvalue weighted by molar-refractivity contribution is 0.276. The van der Waals surface area contributed by atoms with E-state index in [0.29, 0.717) is 13.2 Å². The molecule has 0 bridgehead atoms. The first-order valence-corrected chi connectivity index (χ1v) is 4.17. The Kier molecular flexibility index (Phi) is 2.30. The Morgan fingerprint density at radius 3 is 2.57 bits per heavy atom. The van der Waals surface area contributed by atoms with Crippen LogP contribution in [0.2, 0.25) is 0 Å². The first-order valence-electron chi connectivity index (χ1n) is 4.17. The van der Waals surface area contributed by atoms with Crippen LogP contribution in [0.5, 0.6) is 0 Å². The number of rotatable bonds is 1. The van der Waals surface area contributed by atoms with Crippen LogP contribution in [0.15, 0.2) is 23.3 Å². The maximum Gasteiger partial charge on any atom is 0.243 e. The third-order valence-corrected chi connectivity index (χ3v) is 1.81. The van der Waals surface area contributed by atoms with E-state index < -0.39 is 11.6 Å². The summed E-state index contributed by atoms with van der Waals surface area (Å²) in [4.78, 5) is 0. The van der Waals surface area contributed by atoms with Gasteiger partial charge in [-0.15, -0.1) is 5.10 Å². The molecule has 2 rings (SSSR count). The number of nitrogens with one attached hydrogen (secondary N) is 1. The molecular weight excluding hydrogens is 190 g/mol. The lowest BCUT2D eigenvalue weighted by Gasteiger charge is -2.15. The molecular formula is C9H8F2N2O. The molecule has 0 unspecified atom stereocenters. The van der Waals surface area contributed by atoms with Crippen LogP contribution < -0.4 is 5.43 Å². The van der Waals surface area contributed by atoms with E-state index in [1.165, 1.54) is 18.2 Å². The molecule has 3 nitrogen and oxygen atoms in total. The molecule has 1 aromatic rings. The molecule has 1 N–H and O–H groups in total. The molecule has 0 saturated heterocycles. The van der Waals surface area contributed by atoms with Crippen LogP contribution in [0.3, 0.4) is 0 Å². The Hall–Kier alpha value is -1.65. The number of halogens is 2. The van der Waals surface area contributed by atoms with Gasteiger partial charge in [0.2, 0.25) is 5.90 Å². The van der Waals surface area contributed by atoms with E-state index >= 15 is 0 Å². The summed E-state index contributed by atoms with van der Waals surface area (Å²) in [5.41, 5.74) is 2.39. The van der Waals surface area contributed by atoms with Gasteiger partial charge in [0.25, 0.3) is 0 Å². The Morgan fingerprint density at radius 1 is 1.29 bits per heavy atom. The zero-order valence-corrected chi connectivity index (χ0v) is 7.26. The van der Waals surface area contributed by atoms with Crippen molar-refractivity contribution in [1.82, 2.24) is 5.43 Å². The van der Waals surface area contributed by atoms with Gasteiger partial charge >= 0.3 is 0 Å². The van der Waals surface area contributed by atoms with Gasteiger partial charge in [0, 0.05) is 0 Å². The Labute approximate surface area is 79.4 Å². The molecule has 0 saturated carbocycles. The SMILES string of the molecule is Fc1cccc(F)c1C1=NNCCO1. The lowest BCUT2D eigenvalue weighted by Crippen LogP contribution is -2.27. The van der Waals surface area contributed by atoms with E-state index in [4.69, 9.17) is 4.74 Å². The second kappa shape index (κ2) is 3.61. The standard InChI is InChI=1S/C9H8F2N2O/c10-6-2-1-3-7(11)8(6)9-13-12-4-5-14-9/h1-3,12H,4-5H2. The average Bonchev–Trinajstić information content (AvgIpc) is 2.19. The summed E-state index contributed by atoms with van der Waals surface area (Å²) >= 11 is 0. The monoisotopic (exact) mass is 198 g/mol. The fourth-order valence-corrected chi connectivity index (χ4v) is 1.18. The molecule has 1 aliphatic rings. The van der Waals surface area contributed by atoms with Crippen molar-refractivity contribution in [2.75, 3.05) is 13.2 Å². The van der Waals surface area contributed by atoms with Crippen molar-refractivity contribution in [1.29, 1.82) is 0 Å². The van der Waals surface area contributed by atoms with Gasteiger partial charge in [0.05, 0.1) is 6.54 Å². The second-order valence-electron chi connectivity index (χ2n) is 2.77. The highest BCUT2D eigenvalue weighted by atomic mass is 19.1. The third kappa shape index (κ3) is 1.53. The fourth-order valence-electron chi connectivity index (χ4n) is 1.18. The first-order chi connectivity index (χ1) is 6.79. The smallest absolute Gasteiger partial charge is 0.243 e. The summed E-state index contributed by atoms with van der Waals surface area (Å²) in [6.45, 7) is 0.895. The highest BCUT2D eigenvalue weighted by Crippen LogP contribution is 2.14. The summed E-state index contributed by atoms with van der Waals surface area (Å²) in [5.74, 6) is -1.38. The fraction of sp³-hybridized carbons (Fsp3) is 0.222. The van der Waals surface area contributed by atoms with Gasteiger partial charge < -0.3 is 10.2 Å². The molecule has 74 valence electrons. The van der Waals surface area contributed by atoms with Crippen molar-refractivity contribution in [3.05, 3.63) is 35.4 Å². The number of nitrogens with zero attached hydrogens (tertiary/aromatic N) is 1. The molecule has 0 radical (unpaired) electrons. The number of hydrogen-bond donors (Lipinski definition) is 1. The highest BCUT2D eigenvalue weighted by molar-refractivity contribution is 5.94. The van der Waals surface area contributed by atoms with Crippen LogP contribution in [-0.2, 0) is 4.74 Å². The first kappa shape index (κ1) is 8.93. The molecule has 0 amide bonds. The number of hydrogen-bond acceptors (Lipinski definition) is 3. The predicted octanol–water partition coefficient (Wildman–Crippen LogP) is 1.25. The maximum absolute atomic E-state index is 13.2. The highest BCUT2D eigenvalue weighted by Gasteiger charge is 2.18. The van der Waals surface area contributed by atoms with Crippen LogP contribution in [-0.4, -0.2) is 19.0 Å². The van der Waals surface area contributed by atoms with Crippen LogP contribution >= 0.6 is 0 Å². The van der Waals surface area contributed by atoms with Gasteiger partial charge in [0.1, 0.15) is 23.8 Å². The van der Waals surface area contributed by atoms with E-state index in [1.807, 2.05) is 0 Å². The van der Waals surface area contributed by atoms with E-state index in [0.717, 1.165) is 0 Å². The van der Waals surface area contributed by atoms with Crippen molar-refractivity contribution < 1.29 is 13.5 Å². The minimum Gasteiger partial charge on any atom is -0.474 e. The summed E-state index contributed by atoms with van der Waals surface area (Å²) in [5, 5.41) is 3.69. The van der Waals surface area contributed by atoms with Crippen molar-refractivity contribution in [2.45, 2.75) is 0 Å². The topological polar surface area (TPSA) is 33.6 Å². The van der Waals surface area contributed by atoms with E-state index in [9.17, 15) is 8.78 Å². The van der Waals surface area contributed by atoms with Gasteiger partial charge in [0.15, 0.2) is 0 Å². The largest absolute Gasteiger partial charge is 0.474 e. The molecule has 5 heteroatoms. The summed E-state index contributed by atoms with van der Waals surface area (Å²) in [6, 6.07) is 3.63. The summed E-state index contributed by atoms with van der Waals surface area (Å²) < 4.78 is 31.4. The van der Waals surface area contributed by atoms with E-state index in [1.54, 1.807) is 0 Å². The minimum atomic E-state index is -0.674. The Morgan fingerprint density at radius 2 is 2.00 bits per heavy atom. The van der Waals surface area contributed by atoms with Crippen LogP contribution in [0, 0.1) is 11.6 Å². The molecule has 0 spiro atoms. The number of ether oxygens (including phenoxy) is 1. The van der Waals surface area contributed by atoms with Gasteiger partial charge in [-0.3, -0.25) is 0 Å². The van der Waals surface area contributed by atoms with Gasteiger partial charge in [-0.2, -0.15) is 0 Å². The quantitative estimate of drug-likeness (QED) is 0.736. The summed E-state index contributed by atoms with van der Waals surface area (Å²) in [7, 11) is 0. The van der Waals surface area contributed by atoms with Crippen LogP contribution in [0.25, 0.3) is 0 Å². The summed E-state index contributed by atoms with van der Waals surface area (Å²) in [6.07, 6.45) is 0. The predicted molar refractivity (Wildman–Crippen MR) is 46.8 cm³/mol. The average molecular weight is 198 g/mol. The Balaban J connectivity index is 2.44. The van der Waals surface area contributed by atoms with Gasteiger partial charge in [-0.25, -0.2) is 8.78 Å². The molecule has 0 aliphatic carbocycles. The van der Waals surface area contributed by atoms with E-state index in [-0.39, 0.29) is 11.5 Å². The van der Waals surface area contributed by atoms with Gasteiger partial charge in [-0.1, -0.05) is 6.07 Å². The maximum atomic E-state index is 13.2. The zero-order valence-electron chi connectivity index (χ0n) is 7.26. The van der Waals surface area contributed by atoms with Crippen molar-refractivity contribution >= 4 is 5.90 Å². The molecule has 1 aliphatic heterocycles. The normalized spacial score (nSPS) is 15.4. The third-order valence-electron chi connectivity index (χ3n) is 1.81. The van der Waals surface area contributed by atoms with Crippen molar-refractivity contribution in [3.63, 3.8) is 0 Å². The van der Waals surface area contributed by atoms with Crippen molar-refractivity contribution in [3.8, 4) is 0 Å². The molecule has 0 aromatic heterocycles. The van der Waals surface area contributed by atoms with Crippen LogP contribution in [0.4, 0.5) is 8.78 Å². The lowest BCUT2D eigenvalue weighted by atomic mass is 10.2.